The van der Waals surface area contributed by atoms with Gasteiger partial charge in [-0.2, -0.15) is 0 Å². The molecule has 1 unspecified atom stereocenters. The molecule has 0 radical (unpaired) electrons. The van der Waals surface area contributed by atoms with Crippen LogP contribution < -0.4 is 11.4 Å². The monoisotopic (exact) mass is 311 g/mol. The zero-order valence-electron chi connectivity index (χ0n) is 12.2. The van der Waals surface area contributed by atoms with Crippen LogP contribution in [0.3, 0.4) is 0 Å². The number of hydrogen-bond donors (Lipinski definition) is 1. The molecule has 6 nitrogen and oxygen atoms in total. The molecule has 2 heterocycles. The fourth-order valence-corrected chi connectivity index (χ4v) is 2.75. The van der Waals surface area contributed by atoms with E-state index in [1.54, 1.807) is 10.6 Å². The molecule has 0 aliphatic heterocycles. The van der Waals surface area contributed by atoms with Crippen LogP contribution in [0.1, 0.15) is 12.8 Å². The predicted molar refractivity (Wildman–Crippen MR) is 84.9 cm³/mol. The number of nitrogens with two attached hydrogens (primary N) is 1. The first-order valence-electron chi connectivity index (χ1n) is 7.15. The van der Waals surface area contributed by atoms with Gasteiger partial charge in [0, 0.05) is 25.3 Å². The van der Waals surface area contributed by atoms with Crippen molar-refractivity contribution in [2.24, 2.45) is 11.7 Å². The molecule has 0 bridgehead atoms. The molecule has 2 aromatic rings. The minimum atomic E-state index is -0.0790. The Morgan fingerprint density at radius 3 is 2.86 bits per heavy atom. The van der Waals surface area contributed by atoms with Gasteiger partial charge in [0.05, 0.1) is 6.54 Å². The predicted octanol–water partition coefficient (Wildman–Crippen LogP) is 0.587. The summed E-state index contributed by atoms with van der Waals surface area (Å²) in [5, 5.41) is 4.34. The van der Waals surface area contributed by atoms with Crippen LogP contribution in [0.25, 0.3) is 5.65 Å². The second kappa shape index (κ2) is 6.60. The number of fused-ring (bicyclic) bond motifs is 1. The van der Waals surface area contributed by atoms with Gasteiger partial charge in [0.15, 0.2) is 5.65 Å². The molecular weight excluding hydrogens is 290 g/mol. The van der Waals surface area contributed by atoms with Crippen molar-refractivity contribution in [3.05, 3.63) is 34.9 Å². The Kier molecular flexibility index (Phi) is 5.03. The molecule has 1 atom stereocenters. The molecule has 116 valence electrons. The Morgan fingerprint density at radius 2 is 2.24 bits per heavy atom. The number of rotatable bonds is 6. The highest BCUT2D eigenvalue weighted by Crippen LogP contribution is 2.34. The molecule has 1 saturated carbocycles. The van der Waals surface area contributed by atoms with Gasteiger partial charge in [0.25, 0.3) is 0 Å². The normalized spacial score (nSPS) is 16.1. The first-order valence-corrected chi connectivity index (χ1v) is 7.15. The maximum Gasteiger partial charge on any atom is 0.350 e. The van der Waals surface area contributed by atoms with Gasteiger partial charge < -0.3 is 10.6 Å². The third-order valence-electron chi connectivity index (χ3n) is 4.13. The number of hydrogen-bond acceptors (Lipinski definition) is 4. The lowest BCUT2D eigenvalue weighted by Crippen LogP contribution is -2.42. The molecule has 3 rings (SSSR count). The van der Waals surface area contributed by atoms with Crippen LogP contribution in [0.15, 0.2) is 29.2 Å². The number of pyridine rings is 1. The summed E-state index contributed by atoms with van der Waals surface area (Å²) in [6, 6.07) is 6.00. The van der Waals surface area contributed by atoms with Crippen LogP contribution in [-0.4, -0.2) is 45.3 Å². The zero-order chi connectivity index (χ0) is 14.1. The summed E-state index contributed by atoms with van der Waals surface area (Å²) in [6.45, 7) is 2.07. The second-order valence-electron chi connectivity index (χ2n) is 5.56. The average Bonchev–Trinajstić information content (AvgIpc) is 3.23. The van der Waals surface area contributed by atoms with Crippen molar-refractivity contribution in [1.82, 2.24) is 19.1 Å². The highest BCUT2D eigenvalue weighted by Gasteiger charge is 2.32. The number of halogens is 1. The summed E-state index contributed by atoms with van der Waals surface area (Å²) in [5.74, 6) is 0.739. The zero-order valence-corrected chi connectivity index (χ0v) is 13.0. The van der Waals surface area contributed by atoms with Crippen molar-refractivity contribution in [2.75, 3.05) is 20.1 Å². The van der Waals surface area contributed by atoms with Crippen molar-refractivity contribution in [3.63, 3.8) is 0 Å². The van der Waals surface area contributed by atoms with Crippen molar-refractivity contribution in [2.45, 2.75) is 25.4 Å². The van der Waals surface area contributed by atoms with Crippen LogP contribution in [-0.2, 0) is 6.54 Å². The Hall–Kier alpha value is -1.37. The minimum Gasteiger partial charge on any atom is -0.329 e. The van der Waals surface area contributed by atoms with Gasteiger partial charge in [-0.15, -0.1) is 17.5 Å². The summed E-state index contributed by atoms with van der Waals surface area (Å²) < 4.78 is 3.10. The Balaban J connectivity index is 0.00000161. The Labute approximate surface area is 129 Å². The smallest absolute Gasteiger partial charge is 0.329 e. The quantitative estimate of drug-likeness (QED) is 0.847. The standard InChI is InChI=1S/C14H21N5O.ClH/c1-17(12(10-15)11-5-6-11)8-9-19-14(20)18-7-3-2-4-13(18)16-19;/h2-4,7,11-12H,5-6,8-10,15H2,1H3;1H. The molecular formula is C14H22ClN5O. The number of aromatic nitrogens is 3. The van der Waals surface area contributed by atoms with Gasteiger partial charge in [-0.25, -0.2) is 9.48 Å². The summed E-state index contributed by atoms with van der Waals surface area (Å²) in [6.07, 6.45) is 4.30. The van der Waals surface area contributed by atoms with E-state index in [1.807, 2.05) is 18.2 Å². The van der Waals surface area contributed by atoms with Crippen LogP contribution in [0, 0.1) is 5.92 Å². The van der Waals surface area contributed by atoms with Crippen LogP contribution in [0.4, 0.5) is 0 Å². The van der Waals surface area contributed by atoms with Gasteiger partial charge in [-0.3, -0.25) is 4.40 Å². The molecule has 0 amide bonds. The number of nitrogens with zero attached hydrogens (tertiary/aromatic N) is 4. The molecule has 2 aromatic heterocycles. The topological polar surface area (TPSA) is 68.6 Å². The first kappa shape index (κ1) is 16.0. The van der Waals surface area contributed by atoms with E-state index in [9.17, 15) is 4.79 Å². The molecule has 1 aliphatic rings. The molecule has 0 aromatic carbocycles. The van der Waals surface area contributed by atoms with Gasteiger partial charge in [0.1, 0.15) is 0 Å². The minimum absolute atomic E-state index is 0. The first-order chi connectivity index (χ1) is 9.70. The third-order valence-corrected chi connectivity index (χ3v) is 4.13. The molecule has 0 saturated heterocycles. The van der Waals surface area contributed by atoms with E-state index in [1.165, 1.54) is 17.5 Å². The highest BCUT2D eigenvalue weighted by molar-refractivity contribution is 5.85. The summed E-state index contributed by atoms with van der Waals surface area (Å²) in [7, 11) is 2.08. The Morgan fingerprint density at radius 1 is 1.48 bits per heavy atom. The molecule has 1 aliphatic carbocycles. The van der Waals surface area contributed by atoms with Gasteiger partial charge in [0.2, 0.25) is 0 Å². The van der Waals surface area contributed by atoms with Gasteiger partial charge in [-0.05, 0) is 37.9 Å². The average molecular weight is 312 g/mol. The van der Waals surface area contributed by atoms with Crippen molar-refractivity contribution in [1.29, 1.82) is 0 Å². The fraction of sp³-hybridized carbons (Fsp3) is 0.571. The van der Waals surface area contributed by atoms with Crippen LogP contribution in [0.2, 0.25) is 0 Å². The highest BCUT2D eigenvalue weighted by atomic mass is 35.5. The maximum atomic E-state index is 12.1. The molecule has 7 heteroatoms. The lowest BCUT2D eigenvalue weighted by molar-refractivity contribution is 0.212. The van der Waals surface area contributed by atoms with E-state index < -0.39 is 0 Å². The molecule has 1 fully saturated rings. The van der Waals surface area contributed by atoms with Crippen LogP contribution in [0.5, 0.6) is 0 Å². The third kappa shape index (κ3) is 3.28. The van der Waals surface area contributed by atoms with Crippen molar-refractivity contribution < 1.29 is 0 Å². The number of likely N-dealkylation sites (N-methyl/N-ethyl adjacent to an activating group) is 1. The van der Waals surface area contributed by atoms with E-state index >= 15 is 0 Å². The lowest BCUT2D eigenvalue weighted by Gasteiger charge is -2.26. The van der Waals surface area contributed by atoms with E-state index in [-0.39, 0.29) is 18.1 Å². The summed E-state index contributed by atoms with van der Waals surface area (Å²) in [5.41, 5.74) is 6.46. The van der Waals surface area contributed by atoms with E-state index in [0.717, 1.165) is 12.5 Å². The molecule has 0 spiro atoms. The summed E-state index contributed by atoms with van der Waals surface area (Å²) in [4.78, 5) is 14.4. The summed E-state index contributed by atoms with van der Waals surface area (Å²) >= 11 is 0. The van der Waals surface area contributed by atoms with E-state index in [4.69, 9.17) is 5.73 Å². The van der Waals surface area contributed by atoms with Gasteiger partial charge >= 0.3 is 5.69 Å². The van der Waals surface area contributed by atoms with Gasteiger partial charge in [-0.1, -0.05) is 6.07 Å². The lowest BCUT2D eigenvalue weighted by atomic mass is 10.1. The maximum absolute atomic E-state index is 12.1. The molecule has 2 N–H and O–H groups in total. The van der Waals surface area contributed by atoms with Crippen LogP contribution >= 0.6 is 12.4 Å². The fourth-order valence-electron chi connectivity index (χ4n) is 2.75. The largest absolute Gasteiger partial charge is 0.350 e. The van der Waals surface area contributed by atoms with Crippen molar-refractivity contribution in [3.8, 4) is 0 Å². The Bertz CT molecular complexity index is 648. The van der Waals surface area contributed by atoms with Crippen molar-refractivity contribution >= 4 is 18.1 Å². The van der Waals surface area contributed by atoms with E-state index in [0.29, 0.717) is 24.8 Å². The SMILES string of the molecule is CN(CCn1nc2ccccn2c1=O)C(CN)C1CC1.Cl. The van der Waals surface area contributed by atoms with E-state index in [2.05, 4.69) is 17.0 Å². The second-order valence-corrected chi connectivity index (χ2v) is 5.56. The molecule has 21 heavy (non-hydrogen) atoms.